The van der Waals surface area contributed by atoms with Crippen LogP contribution in [0, 0.1) is 12.7 Å². The number of hydrogen-bond acceptors (Lipinski definition) is 6. The van der Waals surface area contributed by atoms with E-state index in [1.165, 1.54) is 25.3 Å². The van der Waals surface area contributed by atoms with E-state index in [1.807, 2.05) is 0 Å². The topological polar surface area (TPSA) is 109 Å². The number of aryl methyl sites for hydroxylation is 1. The second kappa shape index (κ2) is 11.5. The molecule has 0 atom stereocenters. The molecule has 1 saturated heterocycles. The normalized spacial score (nSPS) is 14.7. The summed E-state index contributed by atoms with van der Waals surface area (Å²) in [6, 6.07) is 6.92. The van der Waals surface area contributed by atoms with Crippen LogP contribution in [0.25, 0.3) is 0 Å². The van der Waals surface area contributed by atoms with Crippen LogP contribution < -0.4 is 20.1 Å². The van der Waals surface area contributed by atoms with E-state index in [0.29, 0.717) is 32.0 Å². The van der Waals surface area contributed by atoms with Crippen molar-refractivity contribution in [2.24, 2.45) is 0 Å². The van der Waals surface area contributed by atoms with E-state index in [1.54, 1.807) is 0 Å². The molecule has 2 aromatic carbocycles. The van der Waals surface area contributed by atoms with E-state index >= 15 is 0 Å². The number of ether oxygens (including phenoxy) is 1. The standard InChI is InChI=1S/C25H23ClF4N4O4S/c1-14-10-15(27)2-3-21(14)38-22-13-19(25(28,29)30)20(26)12-18(22)24(35)33-17-6-9-32-23(11-17)39(36,37)34-16-4-7-31-8-5-16/h2-3,6,9-13,16,31,34H,4-5,7-8H2,1H3,(H,32,33,35). The minimum atomic E-state index is -4.85. The van der Waals surface area contributed by atoms with E-state index in [2.05, 4.69) is 20.3 Å². The number of aromatic nitrogens is 1. The highest BCUT2D eigenvalue weighted by molar-refractivity contribution is 7.89. The molecule has 0 saturated carbocycles. The summed E-state index contributed by atoms with van der Waals surface area (Å²) in [5.74, 6) is -1.99. The highest BCUT2D eigenvalue weighted by Gasteiger charge is 2.35. The largest absolute Gasteiger partial charge is 0.456 e. The van der Waals surface area contributed by atoms with Gasteiger partial charge < -0.3 is 15.4 Å². The van der Waals surface area contributed by atoms with Crippen LogP contribution in [-0.2, 0) is 16.2 Å². The second-order valence-corrected chi connectivity index (χ2v) is 10.9. The predicted octanol–water partition coefficient (Wildman–Crippen LogP) is 5.28. The van der Waals surface area contributed by atoms with Crippen LogP contribution in [0.2, 0.25) is 5.02 Å². The molecule has 1 aliphatic heterocycles. The van der Waals surface area contributed by atoms with Gasteiger partial charge in [0, 0.05) is 24.0 Å². The van der Waals surface area contributed by atoms with Crippen molar-refractivity contribution in [3.8, 4) is 11.5 Å². The van der Waals surface area contributed by atoms with Gasteiger partial charge in [0.1, 0.15) is 17.3 Å². The maximum Gasteiger partial charge on any atom is 0.417 e. The van der Waals surface area contributed by atoms with Gasteiger partial charge in [0.2, 0.25) is 0 Å². The van der Waals surface area contributed by atoms with Crippen LogP contribution in [0.15, 0.2) is 53.7 Å². The molecule has 39 heavy (non-hydrogen) atoms. The lowest BCUT2D eigenvalue weighted by molar-refractivity contribution is -0.137. The van der Waals surface area contributed by atoms with Gasteiger partial charge in [-0.3, -0.25) is 4.79 Å². The molecule has 0 radical (unpaired) electrons. The molecule has 0 unspecified atom stereocenters. The van der Waals surface area contributed by atoms with Crippen molar-refractivity contribution >= 4 is 33.2 Å². The van der Waals surface area contributed by atoms with Gasteiger partial charge in [0.05, 0.1) is 16.1 Å². The summed E-state index contributed by atoms with van der Waals surface area (Å²) in [7, 11) is -4.01. The Morgan fingerprint density at radius 3 is 2.49 bits per heavy atom. The van der Waals surface area contributed by atoms with Crippen LogP contribution in [0.4, 0.5) is 23.2 Å². The lowest BCUT2D eigenvalue weighted by Crippen LogP contribution is -2.42. The number of amides is 1. The fourth-order valence-electron chi connectivity index (χ4n) is 3.93. The molecule has 8 nitrogen and oxygen atoms in total. The number of hydrogen-bond donors (Lipinski definition) is 3. The first-order chi connectivity index (χ1) is 18.3. The van der Waals surface area contributed by atoms with Crippen LogP contribution in [0.5, 0.6) is 11.5 Å². The Morgan fingerprint density at radius 2 is 1.82 bits per heavy atom. The summed E-state index contributed by atoms with van der Waals surface area (Å²) in [6.07, 6.45) is -2.48. The summed E-state index contributed by atoms with van der Waals surface area (Å²) in [5, 5.41) is 4.48. The fraction of sp³-hybridized carbons (Fsp3) is 0.280. The maximum atomic E-state index is 13.5. The number of alkyl halides is 3. The molecule has 1 aliphatic rings. The van der Waals surface area contributed by atoms with Gasteiger partial charge in [0.25, 0.3) is 15.9 Å². The van der Waals surface area contributed by atoms with E-state index in [0.717, 1.165) is 24.3 Å². The van der Waals surface area contributed by atoms with Crippen LogP contribution >= 0.6 is 11.6 Å². The number of piperidine rings is 1. The molecule has 1 fully saturated rings. The lowest BCUT2D eigenvalue weighted by atomic mass is 10.1. The molecule has 1 amide bonds. The minimum Gasteiger partial charge on any atom is -0.456 e. The Bertz CT molecular complexity index is 1500. The van der Waals surface area contributed by atoms with Crippen LogP contribution in [-0.4, -0.2) is 38.4 Å². The lowest BCUT2D eigenvalue weighted by Gasteiger charge is -2.23. The zero-order valence-corrected chi connectivity index (χ0v) is 22.0. The first kappa shape index (κ1) is 28.7. The van der Waals surface area contributed by atoms with Gasteiger partial charge in [0.15, 0.2) is 5.03 Å². The number of halogens is 5. The van der Waals surface area contributed by atoms with E-state index in [9.17, 15) is 30.8 Å². The number of nitrogens with zero attached hydrogens (tertiary/aromatic N) is 1. The predicted molar refractivity (Wildman–Crippen MR) is 136 cm³/mol. The third kappa shape index (κ3) is 7.04. The molecule has 0 aliphatic carbocycles. The van der Waals surface area contributed by atoms with E-state index in [4.69, 9.17) is 16.3 Å². The average Bonchev–Trinajstić information content (AvgIpc) is 2.86. The molecule has 0 bridgehead atoms. The highest BCUT2D eigenvalue weighted by Crippen LogP contribution is 2.40. The molecule has 3 N–H and O–H groups in total. The number of pyridine rings is 1. The number of sulfonamides is 1. The number of benzene rings is 2. The van der Waals surface area contributed by atoms with Crippen molar-refractivity contribution in [1.29, 1.82) is 0 Å². The number of carbonyl (C=O) groups is 1. The van der Waals surface area contributed by atoms with Crippen molar-refractivity contribution in [2.45, 2.75) is 37.0 Å². The van der Waals surface area contributed by atoms with Crippen molar-refractivity contribution in [2.75, 3.05) is 18.4 Å². The van der Waals surface area contributed by atoms with Crippen LogP contribution in [0.1, 0.15) is 34.3 Å². The van der Waals surface area contributed by atoms with Crippen molar-refractivity contribution < 1.29 is 35.5 Å². The molecule has 1 aromatic heterocycles. The third-order valence-corrected chi connectivity index (χ3v) is 7.64. The third-order valence-electron chi connectivity index (χ3n) is 5.91. The minimum absolute atomic E-state index is 0.0145. The average molecular weight is 587 g/mol. The maximum absolute atomic E-state index is 13.5. The van der Waals surface area contributed by atoms with Crippen molar-refractivity contribution in [3.63, 3.8) is 0 Å². The Labute approximate surface area is 226 Å². The summed E-state index contributed by atoms with van der Waals surface area (Å²) >= 11 is 5.86. The van der Waals surface area contributed by atoms with Gasteiger partial charge in [-0.25, -0.2) is 22.5 Å². The van der Waals surface area contributed by atoms with E-state index < -0.39 is 44.3 Å². The van der Waals surface area contributed by atoms with Crippen molar-refractivity contribution in [1.82, 2.24) is 15.0 Å². The molecule has 14 heteroatoms. The first-order valence-corrected chi connectivity index (χ1v) is 13.5. The monoisotopic (exact) mass is 586 g/mol. The Kier molecular flexibility index (Phi) is 8.45. The van der Waals surface area contributed by atoms with Gasteiger partial charge in [-0.15, -0.1) is 0 Å². The van der Waals surface area contributed by atoms with Gasteiger partial charge in [-0.2, -0.15) is 13.2 Å². The number of anilines is 1. The highest BCUT2D eigenvalue weighted by atomic mass is 35.5. The van der Waals surface area contributed by atoms with Gasteiger partial charge in [-0.05, 0) is 74.8 Å². The molecule has 3 aromatic rings. The quantitative estimate of drug-likeness (QED) is 0.325. The summed E-state index contributed by atoms with van der Waals surface area (Å²) in [6.45, 7) is 2.80. The smallest absolute Gasteiger partial charge is 0.417 e. The Morgan fingerprint density at radius 1 is 1.10 bits per heavy atom. The van der Waals surface area contributed by atoms with Crippen molar-refractivity contribution in [3.05, 3.63) is 76.2 Å². The molecular formula is C25H23ClF4N4O4S. The number of nitrogens with one attached hydrogen (secondary N) is 3. The van der Waals surface area contributed by atoms with Gasteiger partial charge >= 0.3 is 6.18 Å². The summed E-state index contributed by atoms with van der Waals surface area (Å²) < 4.78 is 88.0. The fourth-order valence-corrected chi connectivity index (χ4v) is 5.48. The second-order valence-electron chi connectivity index (χ2n) is 8.82. The molecule has 0 spiro atoms. The summed E-state index contributed by atoms with van der Waals surface area (Å²) in [5.41, 5.74) is -1.32. The van der Waals surface area contributed by atoms with E-state index in [-0.39, 0.29) is 33.6 Å². The molecule has 208 valence electrons. The number of carbonyl (C=O) groups excluding carboxylic acids is 1. The number of rotatable bonds is 7. The Balaban J connectivity index is 1.64. The molecule has 2 heterocycles. The first-order valence-electron chi connectivity index (χ1n) is 11.7. The zero-order chi connectivity index (χ0) is 28.4. The molecule has 4 rings (SSSR count). The zero-order valence-electron chi connectivity index (χ0n) is 20.4. The van der Waals surface area contributed by atoms with Crippen LogP contribution in [0.3, 0.4) is 0 Å². The molecular weight excluding hydrogens is 564 g/mol. The SMILES string of the molecule is Cc1cc(F)ccc1Oc1cc(C(F)(F)F)c(Cl)cc1C(=O)Nc1ccnc(S(=O)(=O)NC2CCNCC2)c1. The Hall–Kier alpha value is -3.26. The summed E-state index contributed by atoms with van der Waals surface area (Å²) in [4.78, 5) is 17.1. The van der Waals surface area contributed by atoms with Gasteiger partial charge in [-0.1, -0.05) is 11.6 Å².